The van der Waals surface area contributed by atoms with E-state index in [1.165, 1.54) is 6.92 Å². The van der Waals surface area contributed by atoms with Crippen molar-refractivity contribution in [2.24, 2.45) is 5.92 Å². The number of alkyl halides is 3. The second kappa shape index (κ2) is 5.62. The molecule has 4 nitrogen and oxygen atoms in total. The molecule has 0 aliphatic carbocycles. The SMILES string of the molecule is CCOC(=O)[C@H](CC(C)=O)C(=O)C(F)(F)F. The Morgan fingerprint density at radius 1 is 1.25 bits per heavy atom. The molecule has 0 fully saturated rings. The van der Waals surface area contributed by atoms with E-state index in [0.717, 1.165) is 6.92 Å². The van der Waals surface area contributed by atoms with Crippen LogP contribution in [0, 0.1) is 5.92 Å². The van der Waals surface area contributed by atoms with Gasteiger partial charge in [0.25, 0.3) is 5.78 Å². The van der Waals surface area contributed by atoms with Gasteiger partial charge in [0.1, 0.15) is 11.7 Å². The van der Waals surface area contributed by atoms with Crippen LogP contribution in [0.1, 0.15) is 20.3 Å². The van der Waals surface area contributed by atoms with Crippen molar-refractivity contribution >= 4 is 17.5 Å². The molecule has 92 valence electrons. The summed E-state index contributed by atoms with van der Waals surface area (Å²) in [6, 6.07) is 0. The zero-order valence-corrected chi connectivity index (χ0v) is 8.76. The fourth-order valence-electron chi connectivity index (χ4n) is 1.01. The van der Waals surface area contributed by atoms with Gasteiger partial charge in [0.15, 0.2) is 0 Å². The minimum Gasteiger partial charge on any atom is -0.465 e. The molecule has 0 unspecified atom stereocenters. The summed E-state index contributed by atoms with van der Waals surface area (Å²) in [5.74, 6) is -6.34. The minimum atomic E-state index is -5.15. The Kier molecular flexibility index (Phi) is 5.13. The minimum absolute atomic E-state index is 0.154. The molecule has 1 atom stereocenters. The molecule has 0 saturated heterocycles. The number of hydrogen-bond acceptors (Lipinski definition) is 4. The molecule has 0 N–H and O–H groups in total. The first kappa shape index (κ1) is 14.6. The van der Waals surface area contributed by atoms with Crippen LogP contribution in [0.5, 0.6) is 0 Å². The number of hydrogen-bond donors (Lipinski definition) is 0. The summed E-state index contributed by atoms with van der Waals surface area (Å²) in [6.07, 6.45) is -5.94. The number of Topliss-reactive ketones (excluding diaryl/α,β-unsaturated/α-hetero) is 2. The summed E-state index contributed by atoms with van der Waals surface area (Å²) in [5, 5.41) is 0. The summed E-state index contributed by atoms with van der Waals surface area (Å²) in [6.45, 7) is 2.23. The molecule has 0 aliphatic rings. The van der Waals surface area contributed by atoms with Crippen LogP contribution in [0.3, 0.4) is 0 Å². The molecule has 0 aromatic rings. The number of esters is 1. The fraction of sp³-hybridized carbons (Fsp3) is 0.667. The van der Waals surface area contributed by atoms with Gasteiger partial charge in [-0.25, -0.2) is 0 Å². The molecule has 7 heteroatoms. The van der Waals surface area contributed by atoms with Gasteiger partial charge in [-0.2, -0.15) is 13.2 Å². The molecule has 0 aromatic carbocycles. The average Bonchev–Trinajstić information content (AvgIpc) is 2.11. The zero-order chi connectivity index (χ0) is 12.9. The molecule has 0 aromatic heterocycles. The van der Waals surface area contributed by atoms with Crippen LogP contribution in [-0.4, -0.2) is 30.3 Å². The van der Waals surface area contributed by atoms with Crippen LogP contribution in [0.4, 0.5) is 13.2 Å². The fourth-order valence-corrected chi connectivity index (χ4v) is 1.01. The third kappa shape index (κ3) is 4.41. The first-order valence-corrected chi connectivity index (χ1v) is 4.47. The lowest BCUT2D eigenvalue weighted by Gasteiger charge is -2.14. The van der Waals surface area contributed by atoms with E-state index in [2.05, 4.69) is 4.74 Å². The van der Waals surface area contributed by atoms with Crippen LogP contribution in [0.15, 0.2) is 0 Å². The molecule has 0 heterocycles. The van der Waals surface area contributed by atoms with Gasteiger partial charge in [-0.3, -0.25) is 14.4 Å². The third-order valence-corrected chi connectivity index (χ3v) is 1.66. The quantitative estimate of drug-likeness (QED) is 0.536. The maximum Gasteiger partial charge on any atom is 0.450 e. The Hall–Kier alpha value is -1.40. The van der Waals surface area contributed by atoms with E-state index in [4.69, 9.17) is 0 Å². The second-order valence-electron chi connectivity index (χ2n) is 3.07. The molecule has 0 bridgehead atoms. The van der Waals surface area contributed by atoms with Gasteiger partial charge >= 0.3 is 12.1 Å². The zero-order valence-electron chi connectivity index (χ0n) is 8.76. The van der Waals surface area contributed by atoms with E-state index in [-0.39, 0.29) is 6.61 Å². The third-order valence-electron chi connectivity index (χ3n) is 1.66. The normalized spacial score (nSPS) is 13.1. The van der Waals surface area contributed by atoms with Gasteiger partial charge in [0.2, 0.25) is 0 Å². The Morgan fingerprint density at radius 2 is 1.75 bits per heavy atom. The Bertz CT molecular complexity index is 296. The van der Waals surface area contributed by atoms with Crippen molar-refractivity contribution in [2.45, 2.75) is 26.4 Å². The summed E-state index contributed by atoms with van der Waals surface area (Å²) in [7, 11) is 0. The molecular formula is C9H11F3O4. The van der Waals surface area contributed by atoms with Crippen molar-refractivity contribution in [2.75, 3.05) is 6.61 Å². The monoisotopic (exact) mass is 240 g/mol. The Balaban J connectivity index is 4.87. The van der Waals surface area contributed by atoms with Crippen molar-refractivity contribution in [1.82, 2.24) is 0 Å². The highest BCUT2D eigenvalue weighted by atomic mass is 19.4. The first-order chi connectivity index (χ1) is 7.20. The van der Waals surface area contributed by atoms with Crippen LogP contribution in [-0.2, 0) is 19.1 Å². The van der Waals surface area contributed by atoms with E-state index in [0.29, 0.717) is 0 Å². The molecule has 0 saturated carbocycles. The Morgan fingerprint density at radius 3 is 2.06 bits per heavy atom. The predicted octanol–water partition coefficient (Wildman–Crippen LogP) is 1.28. The van der Waals surface area contributed by atoms with Gasteiger partial charge in [-0.15, -0.1) is 0 Å². The van der Waals surface area contributed by atoms with E-state index >= 15 is 0 Å². The van der Waals surface area contributed by atoms with Crippen LogP contribution in [0.25, 0.3) is 0 Å². The van der Waals surface area contributed by atoms with E-state index in [1.54, 1.807) is 0 Å². The van der Waals surface area contributed by atoms with Crippen molar-refractivity contribution < 1.29 is 32.3 Å². The van der Waals surface area contributed by atoms with Crippen molar-refractivity contribution in [1.29, 1.82) is 0 Å². The number of halogens is 3. The Labute approximate surface area is 89.8 Å². The van der Waals surface area contributed by atoms with Gasteiger partial charge < -0.3 is 4.74 Å². The van der Waals surface area contributed by atoms with Gasteiger partial charge in [0, 0.05) is 6.42 Å². The van der Waals surface area contributed by atoms with Crippen molar-refractivity contribution in [3.05, 3.63) is 0 Å². The second-order valence-corrected chi connectivity index (χ2v) is 3.07. The molecule has 0 rings (SSSR count). The summed E-state index contributed by atoms with van der Waals surface area (Å²) in [4.78, 5) is 32.6. The first-order valence-electron chi connectivity index (χ1n) is 4.47. The van der Waals surface area contributed by atoms with E-state index < -0.39 is 36.1 Å². The molecule has 0 spiro atoms. The standard InChI is InChI=1S/C9H11F3O4/c1-3-16-8(15)6(4-5(2)13)7(14)9(10,11)12/h6H,3-4H2,1-2H3/t6-/m1/s1. The lowest BCUT2D eigenvalue weighted by Crippen LogP contribution is -2.37. The van der Waals surface area contributed by atoms with Gasteiger partial charge in [-0.05, 0) is 13.8 Å². The van der Waals surface area contributed by atoms with E-state index in [9.17, 15) is 27.6 Å². The summed E-state index contributed by atoms with van der Waals surface area (Å²) < 4.78 is 40.6. The van der Waals surface area contributed by atoms with Crippen LogP contribution in [0.2, 0.25) is 0 Å². The van der Waals surface area contributed by atoms with Crippen LogP contribution >= 0.6 is 0 Å². The number of carbonyl (C=O) groups excluding carboxylic acids is 3. The number of ketones is 2. The maximum atomic E-state index is 12.1. The highest BCUT2D eigenvalue weighted by molar-refractivity contribution is 6.04. The highest BCUT2D eigenvalue weighted by Gasteiger charge is 2.47. The van der Waals surface area contributed by atoms with Gasteiger partial charge in [0.05, 0.1) is 6.61 Å². The molecule has 16 heavy (non-hydrogen) atoms. The largest absolute Gasteiger partial charge is 0.465 e. The highest BCUT2D eigenvalue weighted by Crippen LogP contribution is 2.24. The molecule has 0 radical (unpaired) electrons. The smallest absolute Gasteiger partial charge is 0.450 e. The molecule has 0 amide bonds. The van der Waals surface area contributed by atoms with E-state index in [1.807, 2.05) is 0 Å². The predicted molar refractivity (Wildman–Crippen MR) is 46.5 cm³/mol. The molecular weight excluding hydrogens is 229 g/mol. The number of carbonyl (C=O) groups is 3. The number of rotatable bonds is 5. The summed E-state index contributed by atoms with van der Waals surface area (Å²) >= 11 is 0. The maximum absolute atomic E-state index is 12.1. The van der Waals surface area contributed by atoms with Crippen molar-refractivity contribution in [3.8, 4) is 0 Å². The topological polar surface area (TPSA) is 60.4 Å². The van der Waals surface area contributed by atoms with Gasteiger partial charge in [-0.1, -0.05) is 0 Å². The lowest BCUT2D eigenvalue weighted by atomic mass is 9.98. The summed E-state index contributed by atoms with van der Waals surface area (Å²) in [5.41, 5.74) is 0. The number of ether oxygens (including phenoxy) is 1. The van der Waals surface area contributed by atoms with Crippen molar-refractivity contribution in [3.63, 3.8) is 0 Å². The molecule has 0 aliphatic heterocycles. The average molecular weight is 240 g/mol. The lowest BCUT2D eigenvalue weighted by molar-refractivity contribution is -0.181. The van der Waals surface area contributed by atoms with Crippen LogP contribution < -0.4 is 0 Å².